The lowest BCUT2D eigenvalue weighted by atomic mass is 10.1. The Kier molecular flexibility index (Phi) is 4.55. The molecule has 0 saturated carbocycles. The van der Waals surface area contributed by atoms with Crippen molar-refractivity contribution < 1.29 is 9.90 Å². The summed E-state index contributed by atoms with van der Waals surface area (Å²) < 4.78 is 1.82. The summed E-state index contributed by atoms with van der Waals surface area (Å²) in [6.45, 7) is 3.66. The first kappa shape index (κ1) is 16.4. The number of carbonyl (C=O) groups excluding carboxylic acids is 1. The minimum absolute atomic E-state index is 0.00298. The first-order chi connectivity index (χ1) is 10.9. The predicted octanol–water partition coefficient (Wildman–Crippen LogP) is 2.54. The zero-order valence-corrected chi connectivity index (χ0v) is 13.2. The molecule has 0 aliphatic rings. The van der Waals surface area contributed by atoms with Gasteiger partial charge in [0.1, 0.15) is 17.7 Å². The Morgan fingerprint density at radius 1 is 1.26 bits per heavy atom. The van der Waals surface area contributed by atoms with Gasteiger partial charge in [0.25, 0.3) is 0 Å². The third-order valence-corrected chi connectivity index (χ3v) is 3.77. The van der Waals surface area contributed by atoms with Gasteiger partial charge in [0.05, 0.1) is 5.97 Å². The van der Waals surface area contributed by atoms with Crippen LogP contribution >= 0.6 is 11.6 Å². The number of allylic oxidation sites excluding steroid dienone is 1. The first-order valence-corrected chi connectivity index (χ1v) is 6.99. The van der Waals surface area contributed by atoms with E-state index in [-0.39, 0.29) is 16.2 Å². The van der Waals surface area contributed by atoms with Gasteiger partial charge in [-0.3, -0.25) is 0 Å². The van der Waals surface area contributed by atoms with Gasteiger partial charge in [0, 0.05) is 27.7 Å². The Labute approximate surface area is 138 Å². The largest absolute Gasteiger partial charge is 0.545 e. The molecule has 5 nitrogen and oxygen atoms in total. The number of benzene rings is 1. The Balaban J connectivity index is 2.63. The summed E-state index contributed by atoms with van der Waals surface area (Å²) in [5.41, 5.74) is 2.83. The molecule has 0 aliphatic heterocycles. The van der Waals surface area contributed by atoms with E-state index in [1.54, 1.807) is 6.07 Å². The van der Waals surface area contributed by atoms with E-state index in [1.807, 2.05) is 36.6 Å². The van der Waals surface area contributed by atoms with Crippen LogP contribution in [0.15, 0.2) is 29.8 Å². The highest BCUT2D eigenvalue weighted by atomic mass is 35.5. The van der Waals surface area contributed by atoms with Crippen molar-refractivity contribution >= 4 is 23.6 Å². The predicted molar refractivity (Wildman–Crippen MR) is 83.8 cm³/mol. The second-order valence-electron chi connectivity index (χ2n) is 4.90. The second kappa shape index (κ2) is 6.39. The molecule has 0 saturated heterocycles. The van der Waals surface area contributed by atoms with Crippen LogP contribution in [0.3, 0.4) is 0 Å². The van der Waals surface area contributed by atoms with Gasteiger partial charge in [-0.15, -0.1) is 0 Å². The van der Waals surface area contributed by atoms with E-state index < -0.39 is 5.97 Å². The summed E-state index contributed by atoms with van der Waals surface area (Å²) in [6, 6.07) is 10.1. The molecular weight excluding hydrogens is 314 g/mol. The topological polar surface area (TPSA) is 92.6 Å². The summed E-state index contributed by atoms with van der Waals surface area (Å²) in [4.78, 5) is 11.1. The third kappa shape index (κ3) is 3.11. The van der Waals surface area contributed by atoms with Crippen LogP contribution in [-0.4, -0.2) is 10.5 Å². The quantitative estimate of drug-likeness (QED) is 0.811. The number of carboxylic acid groups (broad SMARTS) is 1. The molecule has 1 aromatic carbocycles. The number of carboxylic acids is 1. The molecular formula is C17H11ClN3O2-. The molecule has 23 heavy (non-hydrogen) atoms. The van der Waals surface area contributed by atoms with Crippen molar-refractivity contribution in [1.29, 1.82) is 10.5 Å². The summed E-state index contributed by atoms with van der Waals surface area (Å²) in [7, 11) is 0. The lowest BCUT2D eigenvalue weighted by Crippen LogP contribution is -2.23. The fourth-order valence-electron chi connectivity index (χ4n) is 2.38. The summed E-state index contributed by atoms with van der Waals surface area (Å²) in [6.07, 6.45) is 1.49. The lowest BCUT2D eigenvalue weighted by Gasteiger charge is -2.13. The van der Waals surface area contributed by atoms with Gasteiger partial charge in [-0.25, -0.2) is 0 Å². The van der Waals surface area contributed by atoms with Crippen molar-refractivity contribution in [2.45, 2.75) is 13.8 Å². The molecule has 0 unspecified atom stereocenters. The van der Waals surface area contributed by atoms with Gasteiger partial charge < -0.3 is 14.5 Å². The molecule has 6 heteroatoms. The van der Waals surface area contributed by atoms with Crippen LogP contribution in [0.25, 0.3) is 11.8 Å². The fourth-order valence-corrected chi connectivity index (χ4v) is 2.58. The normalized spacial score (nSPS) is 9.78. The highest BCUT2D eigenvalue weighted by Gasteiger charge is 2.12. The van der Waals surface area contributed by atoms with Gasteiger partial charge in [-0.2, -0.15) is 10.5 Å². The second-order valence-corrected chi connectivity index (χ2v) is 5.30. The number of rotatable bonds is 3. The van der Waals surface area contributed by atoms with E-state index in [0.717, 1.165) is 11.4 Å². The van der Waals surface area contributed by atoms with Crippen LogP contribution in [0, 0.1) is 36.5 Å². The number of hydrogen-bond acceptors (Lipinski definition) is 4. The van der Waals surface area contributed by atoms with E-state index in [9.17, 15) is 9.90 Å². The SMILES string of the molecule is Cc1cc(C=C(C#N)C#N)c(C)n1-c1ccc(Cl)c(C(=O)[O-])c1. The number of aromatic nitrogens is 1. The Bertz CT molecular complexity index is 895. The molecule has 0 spiro atoms. The zero-order valence-electron chi connectivity index (χ0n) is 12.4. The van der Waals surface area contributed by atoms with Crippen molar-refractivity contribution in [2.75, 3.05) is 0 Å². The minimum Gasteiger partial charge on any atom is -0.545 e. The molecule has 0 amide bonds. The Hall–Kier alpha value is -3.02. The minimum atomic E-state index is -1.35. The smallest absolute Gasteiger partial charge is 0.130 e. The van der Waals surface area contributed by atoms with Crippen LogP contribution in [0.2, 0.25) is 5.02 Å². The summed E-state index contributed by atoms with van der Waals surface area (Å²) in [5, 5.41) is 29.0. The van der Waals surface area contributed by atoms with Crippen LogP contribution in [-0.2, 0) is 0 Å². The number of halogens is 1. The van der Waals surface area contributed by atoms with Crippen molar-refractivity contribution in [3.8, 4) is 17.8 Å². The monoisotopic (exact) mass is 324 g/mol. The van der Waals surface area contributed by atoms with Gasteiger partial charge in [0.2, 0.25) is 0 Å². The summed E-state index contributed by atoms with van der Waals surface area (Å²) in [5.74, 6) is -1.35. The maximum absolute atomic E-state index is 11.1. The van der Waals surface area contributed by atoms with Crippen LogP contribution < -0.4 is 5.11 Å². The van der Waals surface area contributed by atoms with E-state index in [1.165, 1.54) is 18.2 Å². The molecule has 0 bridgehead atoms. The highest BCUT2D eigenvalue weighted by Crippen LogP contribution is 2.25. The highest BCUT2D eigenvalue weighted by molar-refractivity contribution is 6.33. The average Bonchev–Trinajstić information content (AvgIpc) is 2.79. The van der Waals surface area contributed by atoms with Gasteiger partial charge in [-0.05, 0) is 49.8 Å². The molecule has 0 radical (unpaired) electrons. The maximum atomic E-state index is 11.1. The number of nitriles is 2. The van der Waals surface area contributed by atoms with Crippen LogP contribution in [0.5, 0.6) is 0 Å². The molecule has 2 rings (SSSR count). The molecule has 1 heterocycles. The summed E-state index contributed by atoms with van der Waals surface area (Å²) >= 11 is 5.86. The molecule has 1 aromatic heterocycles. The van der Waals surface area contributed by atoms with Crippen molar-refractivity contribution in [3.63, 3.8) is 0 Å². The zero-order chi connectivity index (χ0) is 17.1. The maximum Gasteiger partial charge on any atom is 0.130 e. The lowest BCUT2D eigenvalue weighted by molar-refractivity contribution is -0.255. The third-order valence-electron chi connectivity index (χ3n) is 3.44. The number of nitrogens with zero attached hydrogens (tertiary/aromatic N) is 3. The van der Waals surface area contributed by atoms with Gasteiger partial charge in [0.15, 0.2) is 0 Å². The molecule has 0 fully saturated rings. The first-order valence-electron chi connectivity index (χ1n) is 6.61. The molecule has 0 atom stereocenters. The van der Waals surface area contributed by atoms with Crippen LogP contribution in [0.4, 0.5) is 0 Å². The van der Waals surface area contributed by atoms with Crippen molar-refractivity contribution in [2.24, 2.45) is 0 Å². The molecule has 114 valence electrons. The number of carbonyl (C=O) groups is 1. The number of aromatic carboxylic acids is 1. The molecule has 0 N–H and O–H groups in total. The average molecular weight is 325 g/mol. The molecule has 2 aromatic rings. The van der Waals surface area contributed by atoms with Gasteiger partial charge >= 0.3 is 0 Å². The number of aryl methyl sites for hydroxylation is 1. The van der Waals surface area contributed by atoms with Gasteiger partial charge in [-0.1, -0.05) is 11.6 Å². The Morgan fingerprint density at radius 3 is 2.48 bits per heavy atom. The van der Waals surface area contributed by atoms with E-state index in [2.05, 4.69) is 0 Å². The van der Waals surface area contributed by atoms with E-state index in [4.69, 9.17) is 22.1 Å². The van der Waals surface area contributed by atoms with Crippen LogP contribution in [0.1, 0.15) is 27.3 Å². The Morgan fingerprint density at radius 2 is 1.91 bits per heavy atom. The fraction of sp³-hybridized carbons (Fsp3) is 0.118. The van der Waals surface area contributed by atoms with Crippen molar-refractivity contribution in [1.82, 2.24) is 4.57 Å². The molecule has 0 aliphatic carbocycles. The van der Waals surface area contributed by atoms with E-state index >= 15 is 0 Å². The van der Waals surface area contributed by atoms with E-state index in [0.29, 0.717) is 11.3 Å². The number of hydrogen-bond donors (Lipinski definition) is 0. The standard InChI is InChI=1S/C17H12ClN3O2/c1-10-5-13(6-12(8-19)9-20)11(2)21(10)14-3-4-16(18)15(7-14)17(22)23/h3-7H,1-2H3,(H,22,23)/p-1. The van der Waals surface area contributed by atoms with Crippen molar-refractivity contribution in [3.05, 3.63) is 57.4 Å².